The van der Waals surface area contributed by atoms with Crippen LogP contribution in [0.15, 0.2) is 67.1 Å². The van der Waals surface area contributed by atoms with Crippen LogP contribution in [-0.2, 0) is 7.05 Å². The molecule has 0 spiro atoms. The van der Waals surface area contributed by atoms with Gasteiger partial charge in [0.25, 0.3) is 0 Å². The number of ether oxygens (including phenoxy) is 1. The van der Waals surface area contributed by atoms with Crippen LogP contribution < -0.4 is 10.1 Å². The van der Waals surface area contributed by atoms with Crippen molar-refractivity contribution in [2.45, 2.75) is 0 Å². The van der Waals surface area contributed by atoms with E-state index in [1.165, 1.54) is 0 Å². The fourth-order valence-corrected chi connectivity index (χ4v) is 2.92. The summed E-state index contributed by atoms with van der Waals surface area (Å²) in [4.78, 5) is 4.65. The molecule has 0 unspecified atom stereocenters. The SMILES string of the molecule is COc1cccc(Nc2ncc(-c3cnn(C)c3)c3ccccc23)c1. The minimum atomic E-state index is 0.807. The van der Waals surface area contributed by atoms with E-state index in [9.17, 15) is 0 Å². The molecule has 1 N–H and O–H groups in total. The molecule has 4 aromatic rings. The van der Waals surface area contributed by atoms with Crippen LogP contribution in [0.5, 0.6) is 5.75 Å². The lowest BCUT2D eigenvalue weighted by molar-refractivity contribution is 0.415. The number of nitrogens with one attached hydrogen (secondary N) is 1. The summed E-state index contributed by atoms with van der Waals surface area (Å²) >= 11 is 0. The van der Waals surface area contributed by atoms with E-state index >= 15 is 0 Å². The van der Waals surface area contributed by atoms with Crippen LogP contribution in [0.3, 0.4) is 0 Å². The minimum absolute atomic E-state index is 0.807. The van der Waals surface area contributed by atoms with Crippen molar-refractivity contribution in [1.29, 1.82) is 0 Å². The van der Waals surface area contributed by atoms with E-state index in [1.807, 2.05) is 62.0 Å². The highest BCUT2D eigenvalue weighted by Gasteiger charge is 2.10. The Kier molecular flexibility index (Phi) is 3.82. The van der Waals surface area contributed by atoms with E-state index in [4.69, 9.17) is 4.74 Å². The Bertz CT molecular complexity index is 1040. The summed E-state index contributed by atoms with van der Waals surface area (Å²) < 4.78 is 7.09. The molecule has 0 aliphatic rings. The third kappa shape index (κ3) is 2.92. The molecule has 124 valence electrons. The quantitative estimate of drug-likeness (QED) is 0.603. The lowest BCUT2D eigenvalue weighted by Crippen LogP contribution is -1.96. The second kappa shape index (κ2) is 6.28. The molecule has 0 aliphatic carbocycles. The summed E-state index contributed by atoms with van der Waals surface area (Å²) in [6.07, 6.45) is 5.75. The highest BCUT2D eigenvalue weighted by molar-refractivity contribution is 6.02. The molecule has 2 aromatic carbocycles. The van der Waals surface area contributed by atoms with Gasteiger partial charge >= 0.3 is 0 Å². The van der Waals surface area contributed by atoms with Gasteiger partial charge in [-0.1, -0.05) is 30.3 Å². The van der Waals surface area contributed by atoms with Gasteiger partial charge in [0.05, 0.1) is 13.3 Å². The maximum Gasteiger partial charge on any atom is 0.138 e. The number of pyridine rings is 1. The van der Waals surface area contributed by atoms with Crippen molar-refractivity contribution in [3.63, 3.8) is 0 Å². The lowest BCUT2D eigenvalue weighted by Gasteiger charge is -2.12. The lowest BCUT2D eigenvalue weighted by atomic mass is 10.0. The van der Waals surface area contributed by atoms with Gasteiger partial charge in [-0.25, -0.2) is 4.98 Å². The maximum absolute atomic E-state index is 5.29. The molecule has 0 aliphatic heterocycles. The molecule has 5 nitrogen and oxygen atoms in total. The van der Waals surface area contributed by atoms with Crippen molar-refractivity contribution in [1.82, 2.24) is 14.8 Å². The molecule has 0 radical (unpaired) electrons. The summed E-state index contributed by atoms with van der Waals surface area (Å²) in [7, 11) is 3.58. The zero-order valence-corrected chi connectivity index (χ0v) is 14.1. The van der Waals surface area contributed by atoms with Crippen LogP contribution in [0.4, 0.5) is 11.5 Å². The molecule has 0 bridgehead atoms. The Morgan fingerprint density at radius 2 is 1.84 bits per heavy atom. The van der Waals surface area contributed by atoms with Crippen LogP contribution in [0.2, 0.25) is 0 Å². The first kappa shape index (κ1) is 15.2. The fourth-order valence-electron chi connectivity index (χ4n) is 2.92. The van der Waals surface area contributed by atoms with E-state index < -0.39 is 0 Å². The highest BCUT2D eigenvalue weighted by Crippen LogP contribution is 2.32. The topological polar surface area (TPSA) is 52.0 Å². The standard InChI is InChI=1S/C20H18N4O/c1-24-13-14(11-22-24)19-12-21-20(18-9-4-3-8-17(18)19)23-15-6-5-7-16(10-15)25-2/h3-13H,1-2H3,(H,21,23). The number of hydrogen-bond donors (Lipinski definition) is 1. The molecular formula is C20H18N4O. The monoisotopic (exact) mass is 330 g/mol. The number of fused-ring (bicyclic) bond motifs is 1. The molecule has 4 rings (SSSR count). The van der Waals surface area contributed by atoms with E-state index in [2.05, 4.69) is 27.5 Å². The van der Waals surface area contributed by atoms with Crippen LogP contribution in [0.1, 0.15) is 0 Å². The molecule has 2 aromatic heterocycles. The van der Waals surface area contributed by atoms with Crippen LogP contribution in [-0.4, -0.2) is 21.9 Å². The van der Waals surface area contributed by atoms with Gasteiger partial charge in [-0.15, -0.1) is 0 Å². The number of aromatic nitrogens is 3. The van der Waals surface area contributed by atoms with Gasteiger partial charge in [-0.05, 0) is 17.5 Å². The summed E-state index contributed by atoms with van der Waals surface area (Å²) in [5.74, 6) is 1.62. The Morgan fingerprint density at radius 3 is 2.60 bits per heavy atom. The summed E-state index contributed by atoms with van der Waals surface area (Å²) in [5.41, 5.74) is 3.06. The van der Waals surface area contributed by atoms with Gasteiger partial charge in [0.15, 0.2) is 0 Å². The highest BCUT2D eigenvalue weighted by atomic mass is 16.5. The zero-order valence-electron chi connectivity index (χ0n) is 14.1. The van der Waals surface area contributed by atoms with Crippen molar-refractivity contribution >= 4 is 22.3 Å². The third-order valence-corrected chi connectivity index (χ3v) is 4.14. The number of aryl methyl sites for hydroxylation is 1. The van der Waals surface area contributed by atoms with E-state index in [0.717, 1.165) is 39.2 Å². The number of nitrogens with zero attached hydrogens (tertiary/aromatic N) is 3. The predicted octanol–water partition coefficient (Wildman–Crippen LogP) is 4.39. The molecule has 25 heavy (non-hydrogen) atoms. The van der Waals surface area contributed by atoms with Crippen molar-refractivity contribution in [2.24, 2.45) is 7.05 Å². The first-order valence-electron chi connectivity index (χ1n) is 8.02. The average molecular weight is 330 g/mol. The van der Waals surface area contributed by atoms with E-state index in [1.54, 1.807) is 11.8 Å². The zero-order chi connectivity index (χ0) is 17.2. The summed E-state index contributed by atoms with van der Waals surface area (Å²) in [6, 6.07) is 16.1. The van der Waals surface area contributed by atoms with Gasteiger partial charge in [-0.2, -0.15) is 5.10 Å². The first-order chi connectivity index (χ1) is 12.2. The number of methoxy groups -OCH3 is 1. The second-order valence-electron chi connectivity index (χ2n) is 5.83. The van der Waals surface area contributed by atoms with Gasteiger partial charge in [-0.3, -0.25) is 4.68 Å². The first-order valence-corrected chi connectivity index (χ1v) is 8.02. The molecule has 5 heteroatoms. The number of rotatable bonds is 4. The van der Waals surface area contributed by atoms with Crippen LogP contribution >= 0.6 is 0 Å². The van der Waals surface area contributed by atoms with E-state index in [-0.39, 0.29) is 0 Å². The smallest absolute Gasteiger partial charge is 0.138 e. The number of benzene rings is 2. The van der Waals surface area contributed by atoms with Crippen molar-refractivity contribution < 1.29 is 4.74 Å². The Hall–Kier alpha value is -3.34. The van der Waals surface area contributed by atoms with Gasteiger partial charge in [0.2, 0.25) is 0 Å². The number of anilines is 2. The Labute approximate surface area is 145 Å². The number of hydrogen-bond acceptors (Lipinski definition) is 4. The molecule has 0 fully saturated rings. The maximum atomic E-state index is 5.29. The predicted molar refractivity (Wildman–Crippen MR) is 100 cm³/mol. The molecule has 2 heterocycles. The molecule has 0 saturated heterocycles. The largest absolute Gasteiger partial charge is 0.497 e. The van der Waals surface area contributed by atoms with Crippen molar-refractivity contribution in [3.8, 4) is 16.9 Å². The van der Waals surface area contributed by atoms with Crippen molar-refractivity contribution in [3.05, 3.63) is 67.1 Å². The third-order valence-electron chi connectivity index (χ3n) is 4.14. The van der Waals surface area contributed by atoms with Gasteiger partial charge in [0, 0.05) is 47.7 Å². The molecule has 0 amide bonds. The van der Waals surface area contributed by atoms with Crippen molar-refractivity contribution in [2.75, 3.05) is 12.4 Å². The van der Waals surface area contributed by atoms with Crippen LogP contribution in [0.25, 0.3) is 21.9 Å². The molecular weight excluding hydrogens is 312 g/mol. The molecule has 0 atom stereocenters. The van der Waals surface area contributed by atoms with Gasteiger partial charge < -0.3 is 10.1 Å². The second-order valence-corrected chi connectivity index (χ2v) is 5.83. The summed E-state index contributed by atoms with van der Waals surface area (Å²) in [6.45, 7) is 0. The van der Waals surface area contributed by atoms with E-state index in [0.29, 0.717) is 0 Å². The Morgan fingerprint density at radius 1 is 1.00 bits per heavy atom. The minimum Gasteiger partial charge on any atom is -0.497 e. The van der Waals surface area contributed by atoms with Gasteiger partial charge in [0.1, 0.15) is 11.6 Å². The average Bonchev–Trinajstić information content (AvgIpc) is 3.08. The fraction of sp³-hybridized carbons (Fsp3) is 0.100. The van der Waals surface area contributed by atoms with Crippen LogP contribution in [0, 0.1) is 0 Å². The normalized spacial score (nSPS) is 10.8. The molecule has 0 saturated carbocycles. The Balaban J connectivity index is 1.80. The summed E-state index contributed by atoms with van der Waals surface area (Å²) in [5, 5.41) is 9.86.